The third-order valence-corrected chi connectivity index (χ3v) is 6.59. The van der Waals surface area contributed by atoms with Crippen molar-refractivity contribution < 1.29 is 14.3 Å². The highest BCUT2D eigenvalue weighted by atomic mass is 32.2. The summed E-state index contributed by atoms with van der Waals surface area (Å²) in [6.45, 7) is 2.60. The molecule has 7 heteroatoms. The molecule has 4 heterocycles. The van der Waals surface area contributed by atoms with Gasteiger partial charge in [0.25, 0.3) is 5.91 Å². The maximum absolute atomic E-state index is 13.2. The number of ether oxygens (including phenoxy) is 2. The molecule has 1 spiro atoms. The van der Waals surface area contributed by atoms with Crippen molar-refractivity contribution in [3.8, 4) is 11.3 Å². The summed E-state index contributed by atoms with van der Waals surface area (Å²) < 4.78 is 13.4. The molecule has 2 aromatic rings. The molecule has 136 valence electrons. The Kier molecular flexibility index (Phi) is 3.84. The highest BCUT2D eigenvalue weighted by molar-refractivity contribution is 7.98. The van der Waals surface area contributed by atoms with E-state index >= 15 is 0 Å². The number of fused-ring (bicyclic) bond motifs is 3. The van der Waals surface area contributed by atoms with Gasteiger partial charge in [0, 0.05) is 54.8 Å². The molecule has 2 fully saturated rings. The number of rotatable bonds is 1. The van der Waals surface area contributed by atoms with E-state index in [1.807, 2.05) is 22.7 Å². The Morgan fingerprint density at radius 3 is 2.69 bits per heavy atom. The second-order valence-corrected chi connectivity index (χ2v) is 8.00. The molecule has 0 saturated carbocycles. The van der Waals surface area contributed by atoms with Crippen LogP contribution < -0.4 is 0 Å². The number of aromatic nitrogens is 2. The Bertz CT molecular complexity index is 863. The third kappa shape index (κ3) is 2.49. The number of hydrogen-bond donors (Lipinski definition) is 0. The van der Waals surface area contributed by atoms with Crippen molar-refractivity contribution in [2.24, 2.45) is 7.05 Å². The van der Waals surface area contributed by atoms with Gasteiger partial charge in [0.2, 0.25) is 0 Å². The molecule has 0 N–H and O–H groups in total. The minimum Gasteiger partial charge on any atom is -0.347 e. The van der Waals surface area contributed by atoms with Gasteiger partial charge in [0.1, 0.15) is 0 Å². The van der Waals surface area contributed by atoms with E-state index in [-0.39, 0.29) is 5.91 Å². The number of likely N-dealkylation sites (tertiary alicyclic amines) is 1. The van der Waals surface area contributed by atoms with E-state index in [1.54, 1.807) is 11.8 Å². The normalized spacial score (nSPS) is 20.9. The molecule has 3 aliphatic heterocycles. The van der Waals surface area contributed by atoms with E-state index in [4.69, 9.17) is 9.47 Å². The first-order chi connectivity index (χ1) is 12.7. The van der Waals surface area contributed by atoms with Crippen molar-refractivity contribution in [3.05, 3.63) is 35.5 Å². The lowest BCUT2D eigenvalue weighted by Gasteiger charge is -2.37. The van der Waals surface area contributed by atoms with E-state index in [0.29, 0.717) is 32.0 Å². The predicted molar refractivity (Wildman–Crippen MR) is 98.0 cm³/mol. The molecule has 1 aromatic carbocycles. The van der Waals surface area contributed by atoms with Crippen LogP contribution in [-0.2, 0) is 22.3 Å². The average molecular weight is 371 g/mol. The Balaban J connectivity index is 1.43. The lowest BCUT2D eigenvalue weighted by atomic mass is 10.0. The fourth-order valence-electron chi connectivity index (χ4n) is 4.14. The first-order valence-corrected chi connectivity index (χ1v) is 10.0. The number of thioether (sulfide) groups is 1. The maximum Gasteiger partial charge on any atom is 0.274 e. The Morgan fingerprint density at radius 2 is 1.92 bits per heavy atom. The summed E-state index contributed by atoms with van der Waals surface area (Å²) in [7, 11) is 1.92. The number of hydrogen-bond acceptors (Lipinski definition) is 5. The molecular formula is C19H21N3O3S. The number of benzene rings is 1. The van der Waals surface area contributed by atoms with E-state index in [2.05, 4.69) is 23.3 Å². The lowest BCUT2D eigenvalue weighted by molar-refractivity contribution is -0.181. The monoisotopic (exact) mass is 371 g/mol. The third-order valence-electron chi connectivity index (χ3n) is 5.49. The number of nitrogens with zero attached hydrogens (tertiary/aromatic N) is 3. The van der Waals surface area contributed by atoms with Crippen LogP contribution in [0.1, 0.15) is 28.9 Å². The molecule has 26 heavy (non-hydrogen) atoms. The van der Waals surface area contributed by atoms with Crippen LogP contribution in [0.2, 0.25) is 0 Å². The Hall–Kier alpha value is -1.83. The molecule has 1 amide bonds. The molecule has 0 unspecified atom stereocenters. The smallest absolute Gasteiger partial charge is 0.274 e. The number of amides is 1. The van der Waals surface area contributed by atoms with Crippen LogP contribution in [0.4, 0.5) is 0 Å². The van der Waals surface area contributed by atoms with Gasteiger partial charge in [-0.05, 0) is 6.07 Å². The largest absolute Gasteiger partial charge is 0.347 e. The predicted octanol–water partition coefficient (Wildman–Crippen LogP) is 2.67. The summed E-state index contributed by atoms with van der Waals surface area (Å²) in [5.74, 6) is 0.343. The minimum atomic E-state index is -0.463. The SMILES string of the molecule is Cn1nc(C(=O)N2CCC3(CC2)OCCO3)c2c1-c1ccccc1SC2. The standard InChI is InChI=1S/C19H21N3O3S/c1-21-17-13-4-2-3-5-15(13)26-12-14(17)16(20-21)18(23)22-8-6-19(7-9-22)24-10-11-25-19/h2-5H,6-12H2,1H3. The lowest BCUT2D eigenvalue weighted by Crippen LogP contribution is -2.47. The van der Waals surface area contributed by atoms with Crippen molar-refractivity contribution in [2.75, 3.05) is 26.3 Å². The summed E-state index contributed by atoms with van der Waals surface area (Å²) in [6, 6.07) is 8.32. The van der Waals surface area contributed by atoms with E-state index in [0.717, 1.165) is 35.4 Å². The Morgan fingerprint density at radius 1 is 1.19 bits per heavy atom. The quantitative estimate of drug-likeness (QED) is 0.771. The van der Waals surface area contributed by atoms with Gasteiger partial charge in [0.15, 0.2) is 11.5 Å². The highest BCUT2D eigenvalue weighted by Crippen LogP contribution is 2.42. The molecule has 2 saturated heterocycles. The summed E-state index contributed by atoms with van der Waals surface area (Å²) >= 11 is 1.77. The first kappa shape index (κ1) is 16.4. The zero-order chi connectivity index (χ0) is 17.7. The van der Waals surface area contributed by atoms with Crippen molar-refractivity contribution in [1.82, 2.24) is 14.7 Å². The maximum atomic E-state index is 13.2. The number of aryl methyl sites for hydroxylation is 1. The van der Waals surface area contributed by atoms with E-state index in [1.165, 1.54) is 4.90 Å². The topological polar surface area (TPSA) is 56.6 Å². The summed E-state index contributed by atoms with van der Waals surface area (Å²) in [4.78, 5) is 16.3. The fourth-order valence-corrected chi connectivity index (χ4v) is 5.21. The van der Waals surface area contributed by atoms with Gasteiger partial charge < -0.3 is 14.4 Å². The summed E-state index contributed by atoms with van der Waals surface area (Å²) in [5, 5.41) is 4.60. The second kappa shape index (κ2) is 6.11. The molecule has 1 aromatic heterocycles. The number of carbonyl (C=O) groups is 1. The van der Waals surface area contributed by atoms with Gasteiger partial charge in [-0.25, -0.2) is 0 Å². The van der Waals surface area contributed by atoms with Crippen molar-refractivity contribution in [1.29, 1.82) is 0 Å². The zero-order valence-corrected chi connectivity index (χ0v) is 15.6. The Labute approximate surface area is 156 Å². The number of piperidine rings is 1. The molecule has 0 atom stereocenters. The van der Waals surface area contributed by atoms with E-state index in [9.17, 15) is 4.79 Å². The molecule has 3 aliphatic rings. The minimum absolute atomic E-state index is 0.0229. The van der Waals surface area contributed by atoms with Crippen LogP contribution >= 0.6 is 11.8 Å². The van der Waals surface area contributed by atoms with Gasteiger partial charge in [0.05, 0.1) is 18.9 Å². The second-order valence-electron chi connectivity index (χ2n) is 6.98. The zero-order valence-electron chi connectivity index (χ0n) is 14.7. The summed E-state index contributed by atoms with van der Waals surface area (Å²) in [5.41, 5.74) is 3.88. The van der Waals surface area contributed by atoms with Crippen LogP contribution in [0.5, 0.6) is 0 Å². The molecule has 0 bridgehead atoms. The van der Waals surface area contributed by atoms with Crippen molar-refractivity contribution in [3.63, 3.8) is 0 Å². The molecule has 6 nitrogen and oxygen atoms in total. The summed E-state index contributed by atoms with van der Waals surface area (Å²) in [6.07, 6.45) is 1.46. The average Bonchev–Trinajstić information content (AvgIpc) is 3.27. The molecule has 5 rings (SSSR count). The van der Waals surface area contributed by atoms with E-state index < -0.39 is 5.79 Å². The van der Waals surface area contributed by atoms with Crippen LogP contribution in [-0.4, -0.2) is 52.7 Å². The van der Waals surface area contributed by atoms with Gasteiger partial charge >= 0.3 is 0 Å². The van der Waals surface area contributed by atoms with Gasteiger partial charge in [-0.2, -0.15) is 5.10 Å². The fraction of sp³-hybridized carbons (Fsp3) is 0.474. The van der Waals surface area contributed by atoms with Crippen LogP contribution in [0, 0.1) is 0 Å². The van der Waals surface area contributed by atoms with Crippen LogP contribution in [0.3, 0.4) is 0 Å². The molecular weight excluding hydrogens is 350 g/mol. The van der Waals surface area contributed by atoms with Crippen molar-refractivity contribution >= 4 is 17.7 Å². The van der Waals surface area contributed by atoms with Gasteiger partial charge in [-0.3, -0.25) is 9.48 Å². The van der Waals surface area contributed by atoms with Crippen LogP contribution in [0.15, 0.2) is 29.2 Å². The first-order valence-electron chi connectivity index (χ1n) is 9.02. The number of carbonyl (C=O) groups excluding carboxylic acids is 1. The van der Waals surface area contributed by atoms with Gasteiger partial charge in [-0.1, -0.05) is 18.2 Å². The van der Waals surface area contributed by atoms with Gasteiger partial charge in [-0.15, -0.1) is 11.8 Å². The molecule has 0 radical (unpaired) electrons. The molecule has 0 aliphatic carbocycles. The van der Waals surface area contributed by atoms with Crippen molar-refractivity contribution in [2.45, 2.75) is 29.3 Å². The highest BCUT2D eigenvalue weighted by Gasteiger charge is 2.41. The van der Waals surface area contributed by atoms with Crippen LogP contribution in [0.25, 0.3) is 11.3 Å².